The predicted molar refractivity (Wildman–Crippen MR) is 92.2 cm³/mol. The molecule has 1 aliphatic heterocycles. The molecule has 2 saturated carbocycles. The summed E-state index contributed by atoms with van der Waals surface area (Å²) in [6.45, 7) is -0.432. The van der Waals surface area contributed by atoms with Gasteiger partial charge in [0.25, 0.3) is 5.91 Å². The van der Waals surface area contributed by atoms with E-state index in [-0.39, 0.29) is 23.9 Å². The molecule has 1 amide bonds. The lowest BCUT2D eigenvalue weighted by atomic mass is 9.80. The maximum Gasteiger partial charge on any atom is 0.310 e. The molecule has 1 N–H and O–H groups in total. The van der Waals surface area contributed by atoms with Gasteiger partial charge in [-0.2, -0.15) is 0 Å². The van der Waals surface area contributed by atoms with Crippen molar-refractivity contribution in [1.29, 1.82) is 0 Å². The van der Waals surface area contributed by atoms with Crippen molar-refractivity contribution in [2.75, 3.05) is 26.1 Å². The Labute approximate surface area is 156 Å². The third kappa shape index (κ3) is 2.98. The minimum atomic E-state index is -0.502. The number of hydrogen-bond acceptors (Lipinski definition) is 7. The van der Waals surface area contributed by atoms with Crippen molar-refractivity contribution in [3.05, 3.63) is 18.2 Å². The van der Waals surface area contributed by atoms with E-state index in [4.69, 9.17) is 18.9 Å². The summed E-state index contributed by atoms with van der Waals surface area (Å²) in [6, 6.07) is 4.98. The zero-order chi connectivity index (χ0) is 19.1. The van der Waals surface area contributed by atoms with Crippen LogP contribution in [0.4, 0.5) is 5.69 Å². The number of rotatable bonds is 6. The first kappa shape index (κ1) is 17.6. The van der Waals surface area contributed by atoms with Gasteiger partial charge in [0, 0.05) is 12.0 Å². The Hall–Kier alpha value is -2.77. The number of esters is 2. The van der Waals surface area contributed by atoms with Crippen LogP contribution in [-0.2, 0) is 23.9 Å². The molecule has 0 spiro atoms. The van der Waals surface area contributed by atoms with Gasteiger partial charge >= 0.3 is 11.9 Å². The van der Waals surface area contributed by atoms with Crippen molar-refractivity contribution < 1.29 is 33.3 Å². The topological polar surface area (TPSA) is 100 Å². The van der Waals surface area contributed by atoms with Crippen LogP contribution < -0.4 is 14.8 Å². The molecule has 8 nitrogen and oxygen atoms in total. The number of anilines is 1. The summed E-state index contributed by atoms with van der Waals surface area (Å²) in [7, 11) is 3.00. The van der Waals surface area contributed by atoms with E-state index < -0.39 is 30.3 Å². The van der Waals surface area contributed by atoms with Crippen molar-refractivity contribution in [2.45, 2.75) is 18.9 Å². The van der Waals surface area contributed by atoms with Crippen LogP contribution in [0.5, 0.6) is 11.5 Å². The molecular weight excluding hydrogens is 354 g/mol. The monoisotopic (exact) mass is 375 g/mol. The van der Waals surface area contributed by atoms with Crippen molar-refractivity contribution in [3.63, 3.8) is 0 Å². The van der Waals surface area contributed by atoms with Crippen LogP contribution in [0.15, 0.2) is 18.2 Å². The zero-order valence-electron chi connectivity index (χ0n) is 15.1. The normalized spacial score (nSPS) is 30.0. The summed E-state index contributed by atoms with van der Waals surface area (Å²) >= 11 is 0. The van der Waals surface area contributed by atoms with Crippen molar-refractivity contribution in [2.24, 2.45) is 23.7 Å². The molecular formula is C19H21NO7. The predicted octanol–water partition coefficient (Wildman–Crippen LogP) is 1.38. The lowest BCUT2D eigenvalue weighted by molar-refractivity contribution is -0.157. The summed E-state index contributed by atoms with van der Waals surface area (Å²) in [5.41, 5.74) is 0.417. The zero-order valence-corrected chi connectivity index (χ0v) is 15.1. The highest BCUT2D eigenvalue weighted by molar-refractivity contribution is 5.95. The highest BCUT2D eigenvalue weighted by Gasteiger charge is 2.64. The number of fused-ring (bicyclic) bond motifs is 1. The smallest absolute Gasteiger partial charge is 0.310 e. The van der Waals surface area contributed by atoms with Gasteiger partial charge in [0.2, 0.25) is 0 Å². The van der Waals surface area contributed by atoms with Crippen LogP contribution in [0.1, 0.15) is 12.8 Å². The van der Waals surface area contributed by atoms with Crippen LogP contribution in [0.25, 0.3) is 0 Å². The second-order valence-corrected chi connectivity index (χ2v) is 7.14. The number of hydrogen-bond donors (Lipinski definition) is 1. The fraction of sp³-hybridized carbons (Fsp3) is 0.526. The Balaban J connectivity index is 1.36. The molecule has 2 aliphatic carbocycles. The second kappa shape index (κ2) is 6.75. The Morgan fingerprint density at radius 3 is 2.78 bits per heavy atom. The largest absolute Gasteiger partial charge is 0.497 e. The summed E-state index contributed by atoms with van der Waals surface area (Å²) < 4.78 is 20.9. The van der Waals surface area contributed by atoms with Crippen LogP contribution in [-0.4, -0.2) is 44.8 Å². The van der Waals surface area contributed by atoms with Gasteiger partial charge in [-0.1, -0.05) is 0 Å². The van der Waals surface area contributed by atoms with E-state index in [1.54, 1.807) is 18.2 Å². The molecule has 144 valence electrons. The molecule has 1 heterocycles. The van der Waals surface area contributed by atoms with Crippen molar-refractivity contribution >= 4 is 23.5 Å². The number of methoxy groups -OCH3 is 2. The number of ether oxygens (including phenoxy) is 4. The Kier molecular flexibility index (Phi) is 4.41. The van der Waals surface area contributed by atoms with E-state index in [9.17, 15) is 14.4 Å². The van der Waals surface area contributed by atoms with Gasteiger partial charge in [0.15, 0.2) is 6.61 Å². The van der Waals surface area contributed by atoms with Crippen LogP contribution in [0, 0.1) is 23.7 Å². The van der Waals surface area contributed by atoms with Crippen molar-refractivity contribution in [1.82, 2.24) is 0 Å². The molecule has 3 aliphatic rings. The van der Waals surface area contributed by atoms with Gasteiger partial charge in [0.1, 0.15) is 17.6 Å². The van der Waals surface area contributed by atoms with E-state index in [0.717, 1.165) is 6.42 Å². The fourth-order valence-electron chi connectivity index (χ4n) is 4.66. The van der Waals surface area contributed by atoms with Crippen LogP contribution in [0.3, 0.4) is 0 Å². The maximum absolute atomic E-state index is 12.5. The van der Waals surface area contributed by atoms with E-state index in [1.165, 1.54) is 14.2 Å². The van der Waals surface area contributed by atoms with E-state index in [1.807, 2.05) is 0 Å². The maximum atomic E-state index is 12.5. The summed E-state index contributed by atoms with van der Waals surface area (Å²) in [5.74, 6) is -0.980. The lowest BCUT2D eigenvalue weighted by Gasteiger charge is -2.22. The Morgan fingerprint density at radius 2 is 2.04 bits per heavy atom. The number of carbonyl (C=O) groups excluding carboxylic acids is 3. The van der Waals surface area contributed by atoms with Crippen LogP contribution >= 0.6 is 0 Å². The highest BCUT2D eigenvalue weighted by Crippen LogP contribution is 2.57. The van der Waals surface area contributed by atoms with Gasteiger partial charge in [0.05, 0.1) is 31.7 Å². The van der Waals surface area contributed by atoms with Gasteiger partial charge in [-0.3, -0.25) is 14.4 Å². The molecule has 2 bridgehead atoms. The summed E-state index contributed by atoms with van der Waals surface area (Å²) in [5, 5.41) is 2.65. The third-order valence-electron chi connectivity index (χ3n) is 5.78. The number of nitrogens with one attached hydrogen (secondary N) is 1. The van der Waals surface area contributed by atoms with Crippen molar-refractivity contribution in [3.8, 4) is 11.5 Å². The molecule has 0 aromatic heterocycles. The van der Waals surface area contributed by atoms with Crippen LogP contribution in [0.2, 0.25) is 0 Å². The molecule has 27 heavy (non-hydrogen) atoms. The molecule has 1 aromatic carbocycles. The summed E-state index contributed by atoms with van der Waals surface area (Å²) in [6.07, 6.45) is 1.48. The van der Waals surface area contributed by atoms with E-state index in [2.05, 4.69) is 5.32 Å². The minimum absolute atomic E-state index is 0.0413. The van der Waals surface area contributed by atoms with Gasteiger partial charge in [-0.05, 0) is 30.9 Å². The van der Waals surface area contributed by atoms with Gasteiger partial charge in [-0.15, -0.1) is 0 Å². The number of benzene rings is 1. The average Bonchev–Trinajstić information content (AvgIpc) is 3.28. The first-order valence-corrected chi connectivity index (χ1v) is 8.91. The molecule has 1 aromatic rings. The molecule has 0 unspecified atom stereocenters. The standard InChI is InChI=1S/C19H21NO7/c1-24-10-3-4-13(25-2)12(7-10)20-15(21)8-26-18(22)16-9-5-11-14(6-9)27-19(23)17(11)16/h3-4,7,9,11,14,16-17H,5-6,8H2,1-2H3,(H,20,21)/t9-,11+,14+,16-,17+/m1/s1. The fourth-order valence-corrected chi connectivity index (χ4v) is 4.66. The molecule has 5 atom stereocenters. The SMILES string of the molecule is COc1ccc(OC)c(NC(=O)COC(=O)[C@@H]2[C@@H]3C[C@@H]4[C@@H]2C(=O)O[C@H]4C3)c1. The number of amides is 1. The second-order valence-electron chi connectivity index (χ2n) is 7.14. The Bertz CT molecular complexity index is 790. The quantitative estimate of drug-likeness (QED) is 0.750. The highest BCUT2D eigenvalue weighted by atomic mass is 16.6. The summed E-state index contributed by atoms with van der Waals surface area (Å²) in [4.78, 5) is 36.7. The molecule has 3 fully saturated rings. The number of carbonyl (C=O) groups is 3. The first-order chi connectivity index (χ1) is 13.0. The molecule has 0 radical (unpaired) electrons. The molecule has 4 rings (SSSR count). The molecule has 8 heteroatoms. The first-order valence-electron chi connectivity index (χ1n) is 8.91. The minimum Gasteiger partial charge on any atom is -0.497 e. The van der Waals surface area contributed by atoms with E-state index >= 15 is 0 Å². The van der Waals surface area contributed by atoms with Gasteiger partial charge < -0.3 is 24.3 Å². The average molecular weight is 375 g/mol. The molecule has 1 saturated heterocycles. The van der Waals surface area contributed by atoms with E-state index in [0.29, 0.717) is 23.6 Å². The third-order valence-corrected chi connectivity index (χ3v) is 5.78. The van der Waals surface area contributed by atoms with Gasteiger partial charge in [-0.25, -0.2) is 0 Å². The lowest BCUT2D eigenvalue weighted by Crippen LogP contribution is -2.35. The Morgan fingerprint density at radius 1 is 1.22 bits per heavy atom.